The SMILES string of the molecule is CCC(CC)CNc1nc(C(F)(F)F)ccc1C(N)=O. The van der Waals surface area contributed by atoms with Gasteiger partial charge >= 0.3 is 6.18 Å². The average molecular weight is 289 g/mol. The van der Waals surface area contributed by atoms with Gasteiger partial charge in [-0.05, 0) is 18.1 Å². The first kappa shape index (κ1) is 16.3. The van der Waals surface area contributed by atoms with Gasteiger partial charge < -0.3 is 11.1 Å². The van der Waals surface area contributed by atoms with Gasteiger partial charge in [-0.3, -0.25) is 4.79 Å². The maximum atomic E-state index is 12.6. The van der Waals surface area contributed by atoms with Crippen LogP contribution in [0.5, 0.6) is 0 Å². The first-order chi connectivity index (χ1) is 9.29. The van der Waals surface area contributed by atoms with Crippen LogP contribution in [-0.2, 0) is 6.18 Å². The van der Waals surface area contributed by atoms with E-state index in [4.69, 9.17) is 5.73 Å². The van der Waals surface area contributed by atoms with Crippen molar-refractivity contribution in [3.63, 3.8) is 0 Å². The van der Waals surface area contributed by atoms with Gasteiger partial charge in [0, 0.05) is 6.54 Å². The molecule has 0 saturated heterocycles. The van der Waals surface area contributed by atoms with Crippen LogP contribution in [0.3, 0.4) is 0 Å². The third-order valence-corrected chi connectivity index (χ3v) is 3.16. The molecule has 1 rings (SSSR count). The van der Waals surface area contributed by atoms with Crippen LogP contribution < -0.4 is 11.1 Å². The summed E-state index contributed by atoms with van der Waals surface area (Å²) >= 11 is 0. The Hall–Kier alpha value is -1.79. The maximum Gasteiger partial charge on any atom is 0.433 e. The first-order valence-electron chi connectivity index (χ1n) is 6.41. The highest BCUT2D eigenvalue weighted by Crippen LogP contribution is 2.29. The van der Waals surface area contributed by atoms with E-state index in [1.54, 1.807) is 0 Å². The van der Waals surface area contributed by atoms with Crippen LogP contribution in [0.25, 0.3) is 0 Å². The minimum atomic E-state index is -4.55. The zero-order chi connectivity index (χ0) is 15.3. The van der Waals surface area contributed by atoms with E-state index in [0.29, 0.717) is 12.5 Å². The van der Waals surface area contributed by atoms with Crippen molar-refractivity contribution in [2.24, 2.45) is 11.7 Å². The number of carbonyl (C=O) groups is 1. The average Bonchev–Trinajstić information content (AvgIpc) is 2.38. The lowest BCUT2D eigenvalue weighted by Gasteiger charge is -2.16. The quantitative estimate of drug-likeness (QED) is 0.845. The molecule has 0 saturated carbocycles. The van der Waals surface area contributed by atoms with Crippen molar-refractivity contribution in [2.75, 3.05) is 11.9 Å². The Morgan fingerprint density at radius 1 is 1.35 bits per heavy atom. The molecule has 20 heavy (non-hydrogen) atoms. The van der Waals surface area contributed by atoms with E-state index >= 15 is 0 Å². The number of halogens is 3. The van der Waals surface area contributed by atoms with E-state index in [9.17, 15) is 18.0 Å². The van der Waals surface area contributed by atoms with Crippen molar-refractivity contribution < 1.29 is 18.0 Å². The lowest BCUT2D eigenvalue weighted by Crippen LogP contribution is -2.21. The van der Waals surface area contributed by atoms with Gasteiger partial charge in [0.15, 0.2) is 0 Å². The summed E-state index contributed by atoms with van der Waals surface area (Å²) < 4.78 is 37.9. The molecule has 0 unspecified atom stereocenters. The molecule has 0 aliphatic carbocycles. The molecule has 0 bridgehead atoms. The van der Waals surface area contributed by atoms with Gasteiger partial charge in [0.1, 0.15) is 11.5 Å². The zero-order valence-corrected chi connectivity index (χ0v) is 11.4. The number of rotatable bonds is 6. The van der Waals surface area contributed by atoms with Crippen molar-refractivity contribution in [1.29, 1.82) is 0 Å². The minimum Gasteiger partial charge on any atom is -0.369 e. The Labute approximate surface area is 115 Å². The molecule has 1 heterocycles. The lowest BCUT2D eigenvalue weighted by atomic mass is 10.0. The van der Waals surface area contributed by atoms with Crippen LogP contribution in [0, 0.1) is 5.92 Å². The van der Waals surface area contributed by atoms with E-state index in [1.165, 1.54) is 0 Å². The summed E-state index contributed by atoms with van der Waals surface area (Å²) in [5.41, 5.74) is 4.06. The summed E-state index contributed by atoms with van der Waals surface area (Å²) in [6, 6.07) is 1.80. The molecule has 0 fully saturated rings. The number of hydrogen-bond donors (Lipinski definition) is 2. The summed E-state index contributed by atoms with van der Waals surface area (Å²) in [7, 11) is 0. The van der Waals surface area contributed by atoms with E-state index < -0.39 is 17.8 Å². The summed E-state index contributed by atoms with van der Waals surface area (Å²) in [5.74, 6) is -0.621. The van der Waals surface area contributed by atoms with Crippen molar-refractivity contribution in [1.82, 2.24) is 4.98 Å². The number of nitrogens with two attached hydrogens (primary N) is 1. The fourth-order valence-electron chi connectivity index (χ4n) is 1.77. The van der Waals surface area contributed by atoms with Gasteiger partial charge in [-0.2, -0.15) is 13.2 Å². The molecule has 3 N–H and O–H groups in total. The highest BCUT2D eigenvalue weighted by molar-refractivity contribution is 5.97. The number of carbonyl (C=O) groups excluding carboxylic acids is 1. The summed E-state index contributed by atoms with van der Waals surface area (Å²) in [6.07, 6.45) is -2.79. The molecule has 0 aliphatic heterocycles. The number of hydrogen-bond acceptors (Lipinski definition) is 3. The van der Waals surface area contributed by atoms with E-state index in [1.807, 2.05) is 13.8 Å². The van der Waals surface area contributed by atoms with Crippen molar-refractivity contribution in [3.8, 4) is 0 Å². The Morgan fingerprint density at radius 3 is 2.40 bits per heavy atom. The number of aromatic nitrogens is 1. The van der Waals surface area contributed by atoms with Gasteiger partial charge in [-0.25, -0.2) is 4.98 Å². The molecule has 0 atom stereocenters. The highest BCUT2D eigenvalue weighted by Gasteiger charge is 2.33. The molecule has 7 heteroatoms. The standard InChI is InChI=1S/C13H18F3N3O/c1-3-8(4-2)7-18-12-9(11(17)20)5-6-10(19-12)13(14,15)16/h5-6,8H,3-4,7H2,1-2H3,(H2,17,20)(H,18,19). The molecule has 4 nitrogen and oxygen atoms in total. The Bertz CT molecular complexity index is 470. The third-order valence-electron chi connectivity index (χ3n) is 3.16. The summed E-state index contributed by atoms with van der Waals surface area (Å²) in [5, 5.41) is 2.80. The number of alkyl halides is 3. The van der Waals surface area contributed by atoms with E-state index in [0.717, 1.165) is 25.0 Å². The van der Waals surface area contributed by atoms with E-state index in [2.05, 4.69) is 10.3 Å². The smallest absolute Gasteiger partial charge is 0.369 e. The molecular weight excluding hydrogens is 271 g/mol. The second-order valence-corrected chi connectivity index (χ2v) is 4.52. The maximum absolute atomic E-state index is 12.6. The fraction of sp³-hybridized carbons (Fsp3) is 0.538. The molecule has 0 spiro atoms. The van der Waals surface area contributed by atoms with Crippen LogP contribution >= 0.6 is 0 Å². The monoisotopic (exact) mass is 289 g/mol. The normalized spacial score (nSPS) is 11.7. The Kier molecular flexibility index (Phi) is 5.35. The van der Waals surface area contributed by atoms with Gasteiger partial charge in [-0.15, -0.1) is 0 Å². The molecule has 112 valence electrons. The van der Waals surface area contributed by atoms with E-state index in [-0.39, 0.29) is 11.4 Å². The fourth-order valence-corrected chi connectivity index (χ4v) is 1.77. The van der Waals surface area contributed by atoms with Crippen LogP contribution in [0.1, 0.15) is 42.7 Å². The van der Waals surface area contributed by atoms with Crippen LogP contribution in [0.2, 0.25) is 0 Å². The second-order valence-electron chi connectivity index (χ2n) is 4.52. The van der Waals surface area contributed by atoms with Crippen molar-refractivity contribution >= 4 is 11.7 Å². The molecular formula is C13H18F3N3O. The van der Waals surface area contributed by atoms with Gasteiger partial charge in [-0.1, -0.05) is 26.7 Å². The second kappa shape index (κ2) is 6.58. The number of nitrogens with one attached hydrogen (secondary N) is 1. The molecule has 1 aromatic rings. The molecule has 1 amide bonds. The first-order valence-corrected chi connectivity index (χ1v) is 6.41. The molecule has 0 aliphatic rings. The topological polar surface area (TPSA) is 68.0 Å². The molecule has 1 aromatic heterocycles. The zero-order valence-electron chi connectivity index (χ0n) is 11.4. The van der Waals surface area contributed by atoms with Crippen LogP contribution in [0.15, 0.2) is 12.1 Å². The van der Waals surface area contributed by atoms with Crippen LogP contribution in [0.4, 0.5) is 19.0 Å². The summed E-state index contributed by atoms with van der Waals surface area (Å²) in [6.45, 7) is 4.43. The molecule has 0 aromatic carbocycles. The third kappa shape index (κ3) is 4.11. The van der Waals surface area contributed by atoms with Crippen molar-refractivity contribution in [2.45, 2.75) is 32.9 Å². The highest BCUT2D eigenvalue weighted by atomic mass is 19.4. The Balaban J connectivity index is 3.03. The number of anilines is 1. The molecule has 0 radical (unpaired) electrons. The minimum absolute atomic E-state index is 0.0380. The van der Waals surface area contributed by atoms with Crippen molar-refractivity contribution in [3.05, 3.63) is 23.4 Å². The van der Waals surface area contributed by atoms with Gasteiger partial charge in [0.2, 0.25) is 0 Å². The van der Waals surface area contributed by atoms with Gasteiger partial charge in [0.05, 0.1) is 5.56 Å². The number of amides is 1. The van der Waals surface area contributed by atoms with Crippen LogP contribution in [-0.4, -0.2) is 17.4 Å². The largest absolute Gasteiger partial charge is 0.433 e. The van der Waals surface area contributed by atoms with Gasteiger partial charge in [0.25, 0.3) is 5.91 Å². The summed E-state index contributed by atoms with van der Waals surface area (Å²) in [4.78, 5) is 14.7. The number of nitrogens with zero attached hydrogens (tertiary/aromatic N) is 1. The number of pyridine rings is 1. The number of primary amides is 1. The predicted octanol–water partition coefficient (Wildman–Crippen LogP) is 3.05. The predicted molar refractivity (Wildman–Crippen MR) is 70.3 cm³/mol. The lowest BCUT2D eigenvalue weighted by molar-refractivity contribution is -0.141. The Morgan fingerprint density at radius 2 is 1.95 bits per heavy atom.